The fourth-order valence-corrected chi connectivity index (χ4v) is 1.74. The molecule has 20 heavy (non-hydrogen) atoms. The molecule has 0 radical (unpaired) electrons. The Morgan fingerprint density at radius 3 is 2.55 bits per heavy atom. The van der Waals surface area contributed by atoms with E-state index >= 15 is 0 Å². The van der Waals surface area contributed by atoms with E-state index in [0.29, 0.717) is 5.69 Å². The van der Waals surface area contributed by atoms with Crippen molar-refractivity contribution >= 4 is 17.3 Å². The van der Waals surface area contributed by atoms with Gasteiger partial charge < -0.3 is 15.8 Å². The molecule has 0 spiro atoms. The monoisotopic (exact) mass is 274 g/mol. The van der Waals surface area contributed by atoms with Gasteiger partial charge in [0.05, 0.1) is 19.2 Å². The topological polar surface area (TPSA) is 64.3 Å². The van der Waals surface area contributed by atoms with Crippen molar-refractivity contribution in [2.45, 2.75) is 6.42 Å². The van der Waals surface area contributed by atoms with E-state index in [9.17, 15) is 9.18 Å². The molecular formula is C15H15FN2O2. The quantitative estimate of drug-likeness (QED) is 0.842. The molecule has 2 rings (SSSR count). The lowest BCUT2D eigenvalue weighted by Gasteiger charge is -2.07. The fraction of sp³-hybridized carbons (Fsp3) is 0.133. The van der Waals surface area contributed by atoms with Crippen molar-refractivity contribution < 1.29 is 13.9 Å². The van der Waals surface area contributed by atoms with Gasteiger partial charge in [-0.3, -0.25) is 4.79 Å². The number of hydrogen-bond acceptors (Lipinski definition) is 3. The minimum absolute atomic E-state index is 0.0538. The molecule has 0 bridgehead atoms. The van der Waals surface area contributed by atoms with Crippen molar-refractivity contribution in [3.8, 4) is 5.75 Å². The average Bonchev–Trinajstić information content (AvgIpc) is 2.44. The maximum Gasteiger partial charge on any atom is 0.228 e. The van der Waals surface area contributed by atoms with E-state index in [1.54, 1.807) is 25.3 Å². The minimum atomic E-state index is -0.549. The highest BCUT2D eigenvalue weighted by molar-refractivity contribution is 5.92. The number of nitrogens with two attached hydrogens (primary N) is 1. The minimum Gasteiger partial charge on any atom is -0.497 e. The molecule has 0 saturated heterocycles. The van der Waals surface area contributed by atoms with Gasteiger partial charge in [-0.15, -0.1) is 0 Å². The van der Waals surface area contributed by atoms with Crippen LogP contribution in [0.4, 0.5) is 15.8 Å². The third-order valence-electron chi connectivity index (χ3n) is 2.81. The number of nitrogen functional groups attached to an aromatic ring is 1. The van der Waals surface area contributed by atoms with Gasteiger partial charge in [0.2, 0.25) is 5.91 Å². The molecule has 1 amide bonds. The zero-order valence-corrected chi connectivity index (χ0v) is 11.0. The van der Waals surface area contributed by atoms with Crippen LogP contribution in [0, 0.1) is 5.82 Å². The highest BCUT2D eigenvalue weighted by atomic mass is 19.1. The van der Waals surface area contributed by atoms with Crippen molar-refractivity contribution in [3.63, 3.8) is 0 Å². The number of ether oxygens (including phenoxy) is 1. The van der Waals surface area contributed by atoms with Gasteiger partial charge in [0, 0.05) is 5.69 Å². The first-order valence-corrected chi connectivity index (χ1v) is 6.06. The smallest absolute Gasteiger partial charge is 0.228 e. The summed E-state index contributed by atoms with van der Waals surface area (Å²) in [6.07, 6.45) is 0.204. The van der Waals surface area contributed by atoms with Gasteiger partial charge in [0.1, 0.15) is 11.6 Å². The van der Waals surface area contributed by atoms with Gasteiger partial charge in [0.15, 0.2) is 0 Å². The zero-order valence-electron chi connectivity index (χ0n) is 11.0. The Morgan fingerprint density at radius 2 is 1.95 bits per heavy atom. The molecule has 0 heterocycles. The van der Waals surface area contributed by atoms with E-state index in [-0.39, 0.29) is 18.0 Å². The van der Waals surface area contributed by atoms with E-state index in [2.05, 4.69) is 5.32 Å². The molecule has 0 aromatic heterocycles. The number of halogens is 1. The van der Waals surface area contributed by atoms with Crippen molar-refractivity contribution in [2.24, 2.45) is 0 Å². The van der Waals surface area contributed by atoms with Gasteiger partial charge in [-0.1, -0.05) is 12.1 Å². The second kappa shape index (κ2) is 6.06. The van der Waals surface area contributed by atoms with Crippen LogP contribution in [0.15, 0.2) is 42.5 Å². The van der Waals surface area contributed by atoms with E-state index < -0.39 is 5.82 Å². The molecule has 5 heteroatoms. The molecule has 0 atom stereocenters. The second-order valence-electron chi connectivity index (χ2n) is 4.31. The van der Waals surface area contributed by atoms with Crippen LogP contribution in [0.3, 0.4) is 0 Å². The summed E-state index contributed by atoms with van der Waals surface area (Å²) >= 11 is 0. The highest BCUT2D eigenvalue weighted by Gasteiger charge is 2.06. The molecule has 104 valence electrons. The predicted molar refractivity (Wildman–Crippen MR) is 76.1 cm³/mol. The summed E-state index contributed by atoms with van der Waals surface area (Å²) in [5.74, 6) is -0.0404. The van der Waals surface area contributed by atoms with Crippen LogP contribution in [0.5, 0.6) is 5.75 Å². The standard InChI is InChI=1S/C15H15FN2O2/c1-20-12-5-2-10(3-6-12)8-15(19)18-11-4-7-14(17)13(16)9-11/h2-7,9H,8,17H2,1H3,(H,18,19). The Morgan fingerprint density at radius 1 is 1.25 bits per heavy atom. The second-order valence-corrected chi connectivity index (χ2v) is 4.31. The maximum absolute atomic E-state index is 13.2. The van der Waals surface area contributed by atoms with Crippen LogP contribution in [0.25, 0.3) is 0 Å². The molecule has 0 saturated carbocycles. The third-order valence-corrected chi connectivity index (χ3v) is 2.81. The Balaban J connectivity index is 1.99. The van der Waals surface area contributed by atoms with E-state index in [0.717, 1.165) is 11.3 Å². The van der Waals surface area contributed by atoms with Crippen LogP contribution in [-0.4, -0.2) is 13.0 Å². The van der Waals surface area contributed by atoms with Crippen molar-refractivity contribution in [1.82, 2.24) is 0 Å². The average molecular weight is 274 g/mol. The Hall–Kier alpha value is -2.56. The van der Waals surface area contributed by atoms with Crippen molar-refractivity contribution in [3.05, 3.63) is 53.8 Å². The molecule has 0 aliphatic rings. The Labute approximate surface area is 116 Å². The maximum atomic E-state index is 13.2. The number of hydrogen-bond donors (Lipinski definition) is 2. The van der Waals surface area contributed by atoms with Crippen LogP contribution in [0.1, 0.15) is 5.56 Å². The lowest BCUT2D eigenvalue weighted by atomic mass is 10.1. The van der Waals surface area contributed by atoms with Crippen molar-refractivity contribution in [2.75, 3.05) is 18.2 Å². The van der Waals surface area contributed by atoms with Gasteiger partial charge in [-0.25, -0.2) is 4.39 Å². The number of rotatable bonds is 4. The number of methoxy groups -OCH3 is 1. The number of nitrogens with one attached hydrogen (secondary N) is 1. The summed E-state index contributed by atoms with van der Waals surface area (Å²) in [5, 5.41) is 2.62. The third kappa shape index (κ3) is 3.47. The lowest BCUT2D eigenvalue weighted by molar-refractivity contribution is -0.115. The van der Waals surface area contributed by atoms with E-state index in [1.807, 2.05) is 12.1 Å². The van der Waals surface area contributed by atoms with Crippen LogP contribution < -0.4 is 15.8 Å². The molecule has 4 nitrogen and oxygen atoms in total. The first-order valence-electron chi connectivity index (χ1n) is 6.06. The highest BCUT2D eigenvalue weighted by Crippen LogP contribution is 2.17. The van der Waals surface area contributed by atoms with Gasteiger partial charge in [-0.2, -0.15) is 0 Å². The van der Waals surface area contributed by atoms with E-state index in [1.165, 1.54) is 12.1 Å². The summed E-state index contributed by atoms with van der Waals surface area (Å²) < 4.78 is 18.3. The number of benzene rings is 2. The van der Waals surface area contributed by atoms with E-state index in [4.69, 9.17) is 10.5 Å². The summed E-state index contributed by atoms with van der Waals surface area (Å²) in [5.41, 5.74) is 6.66. The van der Waals surface area contributed by atoms with Gasteiger partial charge in [0.25, 0.3) is 0 Å². The number of carbonyl (C=O) groups is 1. The zero-order chi connectivity index (χ0) is 14.5. The Bertz CT molecular complexity index is 612. The molecule has 2 aromatic rings. The van der Waals surface area contributed by atoms with Crippen LogP contribution >= 0.6 is 0 Å². The van der Waals surface area contributed by atoms with Gasteiger partial charge in [-0.05, 0) is 35.9 Å². The molecule has 2 aromatic carbocycles. The van der Waals surface area contributed by atoms with Gasteiger partial charge >= 0.3 is 0 Å². The fourth-order valence-electron chi connectivity index (χ4n) is 1.74. The summed E-state index contributed by atoms with van der Waals surface area (Å²) in [6.45, 7) is 0. The SMILES string of the molecule is COc1ccc(CC(=O)Nc2ccc(N)c(F)c2)cc1. The Kier molecular flexibility index (Phi) is 4.20. The normalized spacial score (nSPS) is 10.1. The first kappa shape index (κ1) is 13.9. The summed E-state index contributed by atoms with van der Waals surface area (Å²) in [6, 6.07) is 11.4. The molecule has 0 fully saturated rings. The van der Waals surface area contributed by atoms with Crippen LogP contribution in [0.2, 0.25) is 0 Å². The molecule has 0 aliphatic carbocycles. The molecule has 0 aliphatic heterocycles. The first-order chi connectivity index (χ1) is 9.58. The number of carbonyl (C=O) groups excluding carboxylic acids is 1. The largest absolute Gasteiger partial charge is 0.497 e. The van der Waals surface area contributed by atoms with Crippen molar-refractivity contribution in [1.29, 1.82) is 0 Å². The number of amides is 1. The molecule has 3 N–H and O–H groups in total. The predicted octanol–water partition coefficient (Wildman–Crippen LogP) is 2.60. The molecule has 0 unspecified atom stereocenters. The molecular weight excluding hydrogens is 259 g/mol. The van der Waals surface area contributed by atoms with Crippen LogP contribution in [-0.2, 0) is 11.2 Å². The number of anilines is 2. The summed E-state index contributed by atoms with van der Waals surface area (Å²) in [4.78, 5) is 11.8. The summed E-state index contributed by atoms with van der Waals surface area (Å²) in [7, 11) is 1.58. The lowest BCUT2D eigenvalue weighted by Crippen LogP contribution is -2.14.